The zero-order valence-corrected chi connectivity index (χ0v) is 20.4. The van der Waals surface area contributed by atoms with Crippen molar-refractivity contribution in [3.05, 3.63) is 72.1 Å². The number of aryl methyl sites for hydroxylation is 1. The molecular weight excluding hydrogens is 491 g/mol. The third kappa shape index (κ3) is 6.73. The summed E-state index contributed by atoms with van der Waals surface area (Å²) in [6.45, 7) is 1.84. The van der Waals surface area contributed by atoms with Gasteiger partial charge in [0.1, 0.15) is 18.0 Å². The molecule has 200 valence electrons. The first-order chi connectivity index (χ1) is 17.8. The maximum atomic E-state index is 13.5. The first kappa shape index (κ1) is 26.8. The van der Waals surface area contributed by atoms with Crippen molar-refractivity contribution in [3.8, 4) is 17.2 Å². The number of aliphatic hydroxyl groups is 2. The van der Waals surface area contributed by atoms with Gasteiger partial charge in [0.15, 0.2) is 29.0 Å². The Kier molecular flexibility index (Phi) is 8.57. The third-order valence-electron chi connectivity index (χ3n) is 6.29. The lowest BCUT2D eigenvalue weighted by Gasteiger charge is -2.42. The molecule has 3 aromatic rings. The fourth-order valence-corrected chi connectivity index (χ4v) is 4.28. The largest absolute Gasteiger partial charge is 0.493 e. The van der Waals surface area contributed by atoms with E-state index in [0.29, 0.717) is 43.3 Å². The molecule has 1 saturated heterocycles. The number of aliphatic hydroxyl groups excluding tert-OH is 1. The summed E-state index contributed by atoms with van der Waals surface area (Å²) >= 11 is 0. The van der Waals surface area contributed by atoms with Gasteiger partial charge in [-0.15, -0.1) is 0 Å². The van der Waals surface area contributed by atoms with Gasteiger partial charge < -0.3 is 29.0 Å². The van der Waals surface area contributed by atoms with E-state index in [9.17, 15) is 23.4 Å². The first-order valence-electron chi connectivity index (χ1n) is 11.9. The zero-order valence-electron chi connectivity index (χ0n) is 20.4. The van der Waals surface area contributed by atoms with Gasteiger partial charge in [-0.3, -0.25) is 4.90 Å². The second-order valence-corrected chi connectivity index (χ2v) is 9.10. The number of ether oxygens (including phenoxy) is 3. The second kappa shape index (κ2) is 11.8. The molecule has 0 saturated carbocycles. The van der Waals surface area contributed by atoms with E-state index in [4.69, 9.17) is 14.2 Å². The van der Waals surface area contributed by atoms with Gasteiger partial charge in [-0.25, -0.2) is 18.2 Å². The van der Waals surface area contributed by atoms with Crippen molar-refractivity contribution in [2.24, 2.45) is 0 Å². The molecule has 1 fully saturated rings. The van der Waals surface area contributed by atoms with Crippen LogP contribution in [0.4, 0.5) is 13.2 Å². The molecule has 0 bridgehead atoms. The second-order valence-electron chi connectivity index (χ2n) is 9.10. The summed E-state index contributed by atoms with van der Waals surface area (Å²) in [5.41, 5.74) is -0.786. The van der Waals surface area contributed by atoms with Crippen LogP contribution >= 0.6 is 0 Å². The molecule has 1 aliphatic heterocycles. The summed E-state index contributed by atoms with van der Waals surface area (Å²) in [5.74, 6) is -3.47. The lowest BCUT2D eigenvalue weighted by molar-refractivity contribution is -0.140. The molecule has 2 aromatic carbocycles. The van der Waals surface area contributed by atoms with Crippen LogP contribution in [0.5, 0.6) is 17.2 Å². The van der Waals surface area contributed by atoms with Gasteiger partial charge >= 0.3 is 0 Å². The molecule has 0 spiro atoms. The maximum Gasteiger partial charge on any atom is 0.194 e. The number of aromatic nitrogens is 2. The molecule has 0 unspecified atom stereocenters. The van der Waals surface area contributed by atoms with Crippen LogP contribution in [0.25, 0.3) is 0 Å². The predicted molar refractivity (Wildman–Crippen MR) is 128 cm³/mol. The third-order valence-corrected chi connectivity index (χ3v) is 6.29. The number of benzene rings is 2. The molecule has 2 heterocycles. The van der Waals surface area contributed by atoms with E-state index in [-0.39, 0.29) is 18.7 Å². The van der Waals surface area contributed by atoms with Crippen LogP contribution in [0.3, 0.4) is 0 Å². The number of nitrogens with zero attached hydrogens (tertiary/aromatic N) is 3. The number of β-amino-alcohol motifs (C(OH)–C–C–N with tert-alkyl or cyclic N) is 1. The van der Waals surface area contributed by atoms with Gasteiger partial charge in [-0.2, -0.15) is 0 Å². The number of rotatable bonds is 11. The monoisotopic (exact) mass is 521 g/mol. The van der Waals surface area contributed by atoms with E-state index in [1.807, 2.05) is 33.9 Å². The topological polar surface area (TPSA) is 89.2 Å². The Morgan fingerprint density at radius 1 is 1.11 bits per heavy atom. The Hall–Kier alpha value is -3.28. The van der Waals surface area contributed by atoms with Crippen LogP contribution in [0.2, 0.25) is 0 Å². The molecule has 2 atom stereocenters. The lowest BCUT2D eigenvalue weighted by atomic mass is 9.90. The van der Waals surface area contributed by atoms with E-state index in [1.54, 1.807) is 19.6 Å². The normalized spacial score (nSPS) is 20.1. The highest BCUT2D eigenvalue weighted by atomic mass is 19.2. The maximum absolute atomic E-state index is 13.5. The molecule has 4 rings (SSSR count). The van der Waals surface area contributed by atoms with Gasteiger partial charge in [0.05, 0.1) is 26.1 Å². The van der Waals surface area contributed by atoms with Gasteiger partial charge in [-0.05, 0) is 30.5 Å². The number of halogens is 3. The summed E-state index contributed by atoms with van der Waals surface area (Å²) in [6, 6.07) is 6.97. The summed E-state index contributed by atoms with van der Waals surface area (Å²) in [7, 11) is 1.57. The summed E-state index contributed by atoms with van der Waals surface area (Å²) in [6.07, 6.45) is 5.30. The van der Waals surface area contributed by atoms with Crippen molar-refractivity contribution in [2.45, 2.75) is 37.6 Å². The van der Waals surface area contributed by atoms with Crippen LogP contribution in [0.15, 0.2) is 49.1 Å². The lowest BCUT2D eigenvalue weighted by Crippen LogP contribution is -2.59. The molecule has 8 nitrogen and oxygen atoms in total. The van der Waals surface area contributed by atoms with Crippen LogP contribution in [-0.2, 0) is 13.1 Å². The van der Waals surface area contributed by atoms with E-state index < -0.39 is 35.8 Å². The Morgan fingerprint density at radius 2 is 1.89 bits per heavy atom. The van der Waals surface area contributed by atoms with Crippen LogP contribution < -0.4 is 14.2 Å². The average molecular weight is 522 g/mol. The molecule has 37 heavy (non-hydrogen) atoms. The smallest absolute Gasteiger partial charge is 0.194 e. The first-order valence-corrected chi connectivity index (χ1v) is 11.9. The summed E-state index contributed by atoms with van der Waals surface area (Å²) in [5, 5.41) is 21.5. The molecule has 11 heteroatoms. The number of hydrogen-bond acceptors (Lipinski definition) is 7. The Morgan fingerprint density at radius 3 is 2.59 bits per heavy atom. The highest BCUT2D eigenvalue weighted by Gasteiger charge is 2.42. The minimum Gasteiger partial charge on any atom is -0.493 e. The molecule has 1 aromatic heterocycles. The summed E-state index contributed by atoms with van der Waals surface area (Å²) < 4.78 is 58.9. The fourth-order valence-electron chi connectivity index (χ4n) is 4.28. The van der Waals surface area contributed by atoms with E-state index >= 15 is 0 Å². The molecule has 0 aliphatic carbocycles. The van der Waals surface area contributed by atoms with Gasteiger partial charge in [0.2, 0.25) is 0 Å². The fraction of sp³-hybridized carbons (Fsp3) is 0.423. The summed E-state index contributed by atoms with van der Waals surface area (Å²) in [4.78, 5) is 5.95. The highest BCUT2D eigenvalue weighted by Crippen LogP contribution is 2.31. The number of imidazole rings is 1. The van der Waals surface area contributed by atoms with Gasteiger partial charge in [-0.1, -0.05) is 6.07 Å². The Bertz CT molecular complexity index is 1160. The van der Waals surface area contributed by atoms with E-state index in [0.717, 1.165) is 18.5 Å². The number of likely N-dealkylation sites (tertiary alicyclic amines) is 1. The Labute approximate surface area is 212 Å². The van der Waals surface area contributed by atoms with Crippen molar-refractivity contribution in [1.29, 1.82) is 0 Å². The minimum absolute atomic E-state index is 0.0491. The number of piperidine rings is 1. The quantitative estimate of drug-likeness (QED) is 0.296. The van der Waals surface area contributed by atoms with E-state index in [1.165, 1.54) is 0 Å². The van der Waals surface area contributed by atoms with Crippen molar-refractivity contribution >= 4 is 0 Å². The standard InChI is InChI=1S/C26H30F3N3O5/c1-35-22-4-3-18(11-23(22)36-10-2-7-31-9-6-30-17-31)14-32-8-5-24(33)26(34,15-32)16-37-19-12-20(27)25(29)21(28)13-19/h3-4,6,9,11-13,17,24,33-34H,2,5,7-8,10,14-16H2,1H3/t24-,26-/m0/s1. The van der Waals surface area contributed by atoms with E-state index in [2.05, 4.69) is 4.98 Å². The molecule has 0 radical (unpaired) electrons. The molecule has 2 N–H and O–H groups in total. The SMILES string of the molecule is COc1ccc(CN2CC[C@H](O)[C@@](O)(COc3cc(F)c(F)c(F)c3)C2)cc1OCCCn1ccnc1. The Balaban J connectivity index is 1.36. The van der Waals surface area contributed by atoms with Crippen molar-refractivity contribution < 1.29 is 37.6 Å². The van der Waals surface area contributed by atoms with Crippen molar-refractivity contribution in [1.82, 2.24) is 14.5 Å². The zero-order chi connectivity index (χ0) is 26.4. The van der Waals surface area contributed by atoms with Gasteiger partial charge in [0, 0.05) is 50.7 Å². The van der Waals surface area contributed by atoms with Crippen LogP contribution in [-0.4, -0.2) is 69.8 Å². The molecular formula is C26H30F3N3O5. The minimum atomic E-state index is -1.70. The van der Waals surface area contributed by atoms with Crippen molar-refractivity contribution in [3.63, 3.8) is 0 Å². The highest BCUT2D eigenvalue weighted by molar-refractivity contribution is 5.43. The predicted octanol–water partition coefficient (Wildman–Crippen LogP) is 3.15. The van der Waals surface area contributed by atoms with Crippen molar-refractivity contribution in [2.75, 3.05) is 33.4 Å². The van der Waals surface area contributed by atoms with Gasteiger partial charge in [0.25, 0.3) is 0 Å². The molecule has 1 aliphatic rings. The molecule has 0 amide bonds. The van der Waals surface area contributed by atoms with Crippen LogP contribution in [0, 0.1) is 17.5 Å². The number of methoxy groups -OCH3 is 1. The van der Waals surface area contributed by atoms with Crippen LogP contribution in [0.1, 0.15) is 18.4 Å². The number of hydrogen-bond donors (Lipinski definition) is 2. The average Bonchev–Trinajstić information content (AvgIpc) is 3.40.